The molecule has 0 aliphatic carbocycles. The molecule has 18 heavy (non-hydrogen) atoms. The van der Waals surface area contributed by atoms with Crippen LogP contribution in [0.5, 0.6) is 5.75 Å². The number of para-hydroxylation sites is 1. The van der Waals surface area contributed by atoms with Crippen molar-refractivity contribution in [2.75, 3.05) is 19.7 Å². The summed E-state index contributed by atoms with van der Waals surface area (Å²) in [4.78, 5) is 10.4. The lowest BCUT2D eigenvalue weighted by Crippen LogP contribution is -2.30. The maximum absolute atomic E-state index is 10.9. The molecule has 0 radical (unpaired) electrons. The van der Waals surface area contributed by atoms with E-state index >= 15 is 0 Å². The molecule has 1 heterocycles. The second-order valence-corrected chi connectivity index (χ2v) is 4.76. The summed E-state index contributed by atoms with van der Waals surface area (Å²) in [6.45, 7) is 2.42. The maximum atomic E-state index is 10.9. The number of piperidine rings is 1. The van der Waals surface area contributed by atoms with Gasteiger partial charge < -0.3 is 10.1 Å². The first-order valence-corrected chi connectivity index (χ1v) is 6.32. The number of nitrogens with one attached hydrogen (secondary N) is 1. The molecule has 0 saturated carbocycles. The predicted octanol–water partition coefficient (Wildman–Crippen LogP) is 2.63. The number of ether oxygens (including phenoxy) is 1. The lowest BCUT2D eigenvalue weighted by atomic mass is 9.99. The highest BCUT2D eigenvalue weighted by atomic mass is 35.5. The molecule has 1 aliphatic heterocycles. The third kappa shape index (κ3) is 3.11. The van der Waals surface area contributed by atoms with Gasteiger partial charge in [0, 0.05) is 6.07 Å². The highest BCUT2D eigenvalue weighted by Gasteiger charge is 2.20. The summed E-state index contributed by atoms with van der Waals surface area (Å²) in [6.07, 6.45) is 2.05. The zero-order chi connectivity index (χ0) is 13.0. The molecule has 1 N–H and O–H groups in total. The van der Waals surface area contributed by atoms with Gasteiger partial charge in [0.15, 0.2) is 0 Å². The Hall–Kier alpha value is -1.33. The summed E-state index contributed by atoms with van der Waals surface area (Å²) in [6, 6.07) is 4.56. The summed E-state index contributed by atoms with van der Waals surface area (Å²) in [5.74, 6) is 0.616. The number of hydrogen-bond acceptors (Lipinski definition) is 4. The average molecular weight is 271 g/mol. The molecule has 5 nitrogen and oxygen atoms in total. The average Bonchev–Trinajstić information content (AvgIpc) is 2.38. The fourth-order valence-corrected chi connectivity index (χ4v) is 2.26. The quantitative estimate of drug-likeness (QED) is 0.675. The van der Waals surface area contributed by atoms with Crippen molar-refractivity contribution in [3.05, 3.63) is 33.3 Å². The highest BCUT2D eigenvalue weighted by molar-refractivity contribution is 6.32. The van der Waals surface area contributed by atoms with Gasteiger partial charge in [0.1, 0.15) is 0 Å². The number of nitrogens with zero attached hydrogens (tertiary/aromatic N) is 1. The minimum Gasteiger partial charge on any atom is -0.485 e. The Balaban J connectivity index is 2.05. The normalized spacial score (nSPS) is 16.5. The molecule has 2 rings (SSSR count). The second-order valence-electron chi connectivity index (χ2n) is 4.35. The van der Waals surface area contributed by atoms with Gasteiger partial charge in [-0.05, 0) is 37.9 Å². The largest absolute Gasteiger partial charge is 0.485 e. The molecule has 98 valence electrons. The molecule has 1 fully saturated rings. The fraction of sp³-hybridized carbons (Fsp3) is 0.500. The van der Waals surface area contributed by atoms with Crippen LogP contribution >= 0.6 is 11.6 Å². The van der Waals surface area contributed by atoms with Crippen LogP contribution in [0.25, 0.3) is 0 Å². The van der Waals surface area contributed by atoms with Gasteiger partial charge in [0.05, 0.1) is 16.6 Å². The van der Waals surface area contributed by atoms with Crippen LogP contribution in [0.2, 0.25) is 5.02 Å². The first kappa shape index (κ1) is 13.1. The molecular formula is C12H15ClN2O3. The van der Waals surface area contributed by atoms with Crippen molar-refractivity contribution in [3.63, 3.8) is 0 Å². The van der Waals surface area contributed by atoms with Crippen LogP contribution in [0.15, 0.2) is 18.2 Å². The third-order valence-corrected chi connectivity index (χ3v) is 3.36. The van der Waals surface area contributed by atoms with Gasteiger partial charge in [-0.25, -0.2) is 0 Å². The van der Waals surface area contributed by atoms with Crippen LogP contribution in [0.3, 0.4) is 0 Å². The fourth-order valence-electron chi connectivity index (χ4n) is 2.03. The summed E-state index contributed by atoms with van der Waals surface area (Å²) in [5, 5.41) is 14.4. The Morgan fingerprint density at radius 2 is 2.17 bits per heavy atom. The first-order chi connectivity index (χ1) is 8.68. The number of halogens is 1. The van der Waals surface area contributed by atoms with Crippen LogP contribution < -0.4 is 10.1 Å². The van der Waals surface area contributed by atoms with E-state index in [1.54, 1.807) is 12.1 Å². The first-order valence-electron chi connectivity index (χ1n) is 5.95. The van der Waals surface area contributed by atoms with E-state index in [1.165, 1.54) is 6.07 Å². The zero-order valence-electron chi connectivity index (χ0n) is 9.89. The van der Waals surface area contributed by atoms with Crippen molar-refractivity contribution >= 4 is 17.3 Å². The zero-order valence-corrected chi connectivity index (χ0v) is 10.7. The Morgan fingerprint density at radius 3 is 2.83 bits per heavy atom. The molecule has 1 aliphatic rings. The molecule has 0 spiro atoms. The molecule has 0 unspecified atom stereocenters. The monoisotopic (exact) mass is 270 g/mol. The van der Waals surface area contributed by atoms with E-state index in [-0.39, 0.29) is 16.5 Å². The van der Waals surface area contributed by atoms with Gasteiger partial charge in [-0.3, -0.25) is 10.1 Å². The molecule has 0 aromatic heterocycles. The van der Waals surface area contributed by atoms with Crippen molar-refractivity contribution in [2.45, 2.75) is 12.8 Å². The van der Waals surface area contributed by atoms with Crippen LogP contribution in [0.4, 0.5) is 5.69 Å². The number of nitro groups is 1. The number of hydrogen-bond donors (Lipinski definition) is 1. The van der Waals surface area contributed by atoms with Gasteiger partial charge >= 0.3 is 5.69 Å². The minimum atomic E-state index is -0.469. The van der Waals surface area contributed by atoms with E-state index < -0.39 is 4.92 Å². The standard InChI is InChI=1S/C12H15ClN2O3/c13-10-2-1-3-11(15(16)17)12(10)18-8-9-4-6-14-7-5-9/h1-3,9,14H,4-8H2. The van der Waals surface area contributed by atoms with E-state index in [4.69, 9.17) is 16.3 Å². The predicted molar refractivity (Wildman–Crippen MR) is 69.2 cm³/mol. The SMILES string of the molecule is O=[N+]([O-])c1cccc(Cl)c1OCC1CCNCC1. The Bertz CT molecular complexity index is 433. The Morgan fingerprint density at radius 1 is 1.44 bits per heavy atom. The van der Waals surface area contributed by atoms with Gasteiger partial charge in [-0.15, -0.1) is 0 Å². The van der Waals surface area contributed by atoms with E-state index in [1.807, 2.05) is 0 Å². The number of nitro benzene ring substituents is 1. The molecule has 6 heteroatoms. The second kappa shape index (κ2) is 6.02. The minimum absolute atomic E-state index is 0.0727. The van der Waals surface area contributed by atoms with Gasteiger partial charge in [-0.1, -0.05) is 17.7 Å². The van der Waals surface area contributed by atoms with E-state index in [2.05, 4.69) is 5.32 Å². The highest BCUT2D eigenvalue weighted by Crippen LogP contribution is 2.34. The van der Waals surface area contributed by atoms with Gasteiger partial charge in [0.25, 0.3) is 0 Å². The summed E-state index contributed by atoms with van der Waals surface area (Å²) >= 11 is 5.95. The third-order valence-electron chi connectivity index (χ3n) is 3.06. The lowest BCUT2D eigenvalue weighted by molar-refractivity contribution is -0.385. The van der Waals surface area contributed by atoms with Crippen molar-refractivity contribution in [3.8, 4) is 5.75 Å². The van der Waals surface area contributed by atoms with Crippen LogP contribution in [-0.2, 0) is 0 Å². The molecule has 1 saturated heterocycles. The van der Waals surface area contributed by atoms with Gasteiger partial charge in [-0.2, -0.15) is 0 Å². The van der Waals surface area contributed by atoms with E-state index in [0.717, 1.165) is 25.9 Å². The molecule has 0 atom stereocenters. The van der Waals surface area contributed by atoms with Gasteiger partial charge in [0.2, 0.25) is 5.75 Å². The van der Waals surface area contributed by atoms with Crippen molar-refractivity contribution < 1.29 is 9.66 Å². The van der Waals surface area contributed by atoms with Crippen molar-refractivity contribution in [2.24, 2.45) is 5.92 Å². The topological polar surface area (TPSA) is 64.4 Å². The molecule has 0 bridgehead atoms. The lowest BCUT2D eigenvalue weighted by Gasteiger charge is -2.22. The molecule has 1 aromatic carbocycles. The maximum Gasteiger partial charge on any atom is 0.312 e. The molecule has 1 aromatic rings. The smallest absolute Gasteiger partial charge is 0.312 e. The van der Waals surface area contributed by atoms with Crippen LogP contribution in [0, 0.1) is 16.0 Å². The molecular weight excluding hydrogens is 256 g/mol. The van der Waals surface area contributed by atoms with Crippen molar-refractivity contribution in [1.29, 1.82) is 0 Å². The van der Waals surface area contributed by atoms with E-state index in [0.29, 0.717) is 12.5 Å². The molecule has 0 amide bonds. The Labute approximate surface area is 110 Å². The summed E-state index contributed by atoms with van der Waals surface area (Å²) < 4.78 is 5.57. The van der Waals surface area contributed by atoms with Crippen molar-refractivity contribution in [1.82, 2.24) is 5.32 Å². The summed E-state index contributed by atoms with van der Waals surface area (Å²) in [7, 11) is 0. The summed E-state index contributed by atoms with van der Waals surface area (Å²) in [5.41, 5.74) is -0.0727. The van der Waals surface area contributed by atoms with Crippen LogP contribution in [-0.4, -0.2) is 24.6 Å². The number of rotatable bonds is 4. The Kier molecular flexibility index (Phi) is 4.38. The van der Waals surface area contributed by atoms with E-state index in [9.17, 15) is 10.1 Å². The van der Waals surface area contributed by atoms with Crippen LogP contribution in [0.1, 0.15) is 12.8 Å². The number of benzene rings is 1.